The monoisotopic (exact) mass is 223 g/mol. The molecule has 1 unspecified atom stereocenters. The lowest BCUT2D eigenvalue weighted by molar-refractivity contribution is -0.141. The molecular formula is C11H13NO2S. The Labute approximate surface area is 93.2 Å². The maximum Gasteiger partial charge on any atom is 0.306 e. The van der Waals surface area contributed by atoms with E-state index in [0.29, 0.717) is 6.42 Å². The van der Waals surface area contributed by atoms with Crippen molar-refractivity contribution in [1.29, 1.82) is 0 Å². The molecule has 0 amide bonds. The first-order valence-corrected chi connectivity index (χ1v) is 5.94. The van der Waals surface area contributed by atoms with Gasteiger partial charge in [0.1, 0.15) is 0 Å². The molecule has 1 atom stereocenters. The largest absolute Gasteiger partial charge is 0.469 e. The van der Waals surface area contributed by atoms with Gasteiger partial charge in [-0.05, 0) is 24.3 Å². The highest BCUT2D eigenvalue weighted by atomic mass is 32.2. The van der Waals surface area contributed by atoms with E-state index in [1.165, 1.54) is 12.0 Å². The lowest BCUT2D eigenvalue weighted by Gasteiger charge is -2.22. The molecule has 0 fully saturated rings. The van der Waals surface area contributed by atoms with Gasteiger partial charge < -0.3 is 4.74 Å². The number of methoxy groups -OCH3 is 1. The summed E-state index contributed by atoms with van der Waals surface area (Å²) in [7, 11) is 1.43. The van der Waals surface area contributed by atoms with Gasteiger partial charge in [-0.15, -0.1) is 11.8 Å². The van der Waals surface area contributed by atoms with Gasteiger partial charge in [0, 0.05) is 17.0 Å². The Morgan fingerprint density at radius 2 is 2.60 bits per heavy atom. The number of fused-ring (bicyclic) bond motifs is 1. The van der Waals surface area contributed by atoms with Gasteiger partial charge in [-0.3, -0.25) is 9.78 Å². The van der Waals surface area contributed by atoms with Crippen molar-refractivity contribution in [2.24, 2.45) is 0 Å². The number of esters is 1. The van der Waals surface area contributed by atoms with Crippen molar-refractivity contribution in [1.82, 2.24) is 4.98 Å². The van der Waals surface area contributed by atoms with Crippen molar-refractivity contribution in [2.45, 2.75) is 23.7 Å². The van der Waals surface area contributed by atoms with Gasteiger partial charge >= 0.3 is 5.97 Å². The molecule has 1 aromatic heterocycles. The molecule has 1 aromatic rings. The third-order valence-electron chi connectivity index (χ3n) is 2.55. The molecule has 0 spiro atoms. The lowest BCUT2D eigenvalue weighted by Crippen LogP contribution is -2.14. The highest BCUT2D eigenvalue weighted by Gasteiger charge is 2.24. The number of thioether (sulfide) groups is 1. The van der Waals surface area contributed by atoms with E-state index in [2.05, 4.69) is 11.1 Å². The summed E-state index contributed by atoms with van der Waals surface area (Å²) in [6, 6.07) is 4.00. The average Bonchev–Trinajstić information content (AvgIpc) is 2.29. The highest BCUT2D eigenvalue weighted by molar-refractivity contribution is 7.99. The number of hydrogen-bond donors (Lipinski definition) is 0. The Balaban J connectivity index is 2.18. The van der Waals surface area contributed by atoms with Gasteiger partial charge in [0.15, 0.2) is 0 Å². The summed E-state index contributed by atoms with van der Waals surface area (Å²) in [5, 5.41) is 0. The molecule has 0 saturated heterocycles. The molecule has 0 radical (unpaired) electrons. The van der Waals surface area contributed by atoms with E-state index in [-0.39, 0.29) is 11.9 Å². The van der Waals surface area contributed by atoms with Crippen LogP contribution in [0.1, 0.15) is 24.5 Å². The second-order valence-corrected chi connectivity index (χ2v) is 4.64. The number of rotatable bonds is 2. The zero-order valence-electron chi connectivity index (χ0n) is 8.60. The number of hydrogen-bond acceptors (Lipinski definition) is 4. The third kappa shape index (κ3) is 2.31. The summed E-state index contributed by atoms with van der Waals surface area (Å²) in [6.45, 7) is 0. The first-order chi connectivity index (χ1) is 7.31. The van der Waals surface area contributed by atoms with E-state index in [1.54, 1.807) is 6.20 Å². The van der Waals surface area contributed by atoms with E-state index in [9.17, 15) is 4.79 Å². The molecule has 0 saturated carbocycles. The van der Waals surface area contributed by atoms with Crippen molar-refractivity contribution in [3.05, 3.63) is 24.0 Å². The van der Waals surface area contributed by atoms with Crippen LogP contribution >= 0.6 is 11.8 Å². The van der Waals surface area contributed by atoms with Crippen LogP contribution in [-0.4, -0.2) is 23.8 Å². The quantitative estimate of drug-likeness (QED) is 0.721. The topological polar surface area (TPSA) is 39.2 Å². The number of carbonyl (C=O) groups is 1. The summed E-state index contributed by atoms with van der Waals surface area (Å²) in [4.78, 5) is 16.8. The van der Waals surface area contributed by atoms with Crippen molar-refractivity contribution < 1.29 is 9.53 Å². The molecule has 1 aliphatic rings. The maximum absolute atomic E-state index is 11.2. The SMILES string of the molecule is COC(=O)CC1CCSc2cccnc21. The van der Waals surface area contributed by atoms with Crippen LogP contribution in [0, 0.1) is 0 Å². The Morgan fingerprint density at radius 1 is 1.73 bits per heavy atom. The second-order valence-electron chi connectivity index (χ2n) is 3.50. The standard InChI is InChI=1S/C11H13NO2S/c1-14-10(13)7-8-4-6-15-9-3-2-5-12-11(8)9/h2-3,5,8H,4,6-7H2,1H3. The van der Waals surface area contributed by atoms with Crippen LogP contribution in [-0.2, 0) is 9.53 Å². The predicted octanol–water partition coefficient (Wildman–Crippen LogP) is 2.22. The van der Waals surface area contributed by atoms with Crippen LogP contribution < -0.4 is 0 Å². The van der Waals surface area contributed by atoms with E-state index >= 15 is 0 Å². The van der Waals surface area contributed by atoms with Crippen molar-refractivity contribution in [3.63, 3.8) is 0 Å². The van der Waals surface area contributed by atoms with Gasteiger partial charge in [-0.25, -0.2) is 0 Å². The third-order valence-corrected chi connectivity index (χ3v) is 3.65. The van der Waals surface area contributed by atoms with Crippen LogP contribution in [0.5, 0.6) is 0 Å². The highest BCUT2D eigenvalue weighted by Crippen LogP contribution is 2.37. The van der Waals surface area contributed by atoms with Gasteiger partial charge in [0.25, 0.3) is 0 Å². The van der Waals surface area contributed by atoms with Gasteiger partial charge in [0.2, 0.25) is 0 Å². The van der Waals surface area contributed by atoms with E-state index < -0.39 is 0 Å². The van der Waals surface area contributed by atoms with E-state index in [4.69, 9.17) is 4.74 Å². The summed E-state index contributed by atoms with van der Waals surface area (Å²) < 4.78 is 4.69. The molecule has 1 aliphatic heterocycles. The second kappa shape index (κ2) is 4.66. The van der Waals surface area contributed by atoms with Crippen LogP contribution in [0.25, 0.3) is 0 Å². The summed E-state index contributed by atoms with van der Waals surface area (Å²) in [5.41, 5.74) is 1.05. The van der Waals surface area contributed by atoms with Crippen molar-refractivity contribution in [3.8, 4) is 0 Å². The van der Waals surface area contributed by atoms with Crippen LogP contribution in [0.15, 0.2) is 23.2 Å². The van der Waals surface area contributed by atoms with Crippen molar-refractivity contribution in [2.75, 3.05) is 12.9 Å². The fourth-order valence-electron chi connectivity index (χ4n) is 1.76. The minimum atomic E-state index is -0.150. The molecule has 3 nitrogen and oxygen atoms in total. The first-order valence-electron chi connectivity index (χ1n) is 4.96. The van der Waals surface area contributed by atoms with Gasteiger partial charge in [-0.2, -0.15) is 0 Å². The predicted molar refractivity (Wildman–Crippen MR) is 59.0 cm³/mol. The molecule has 2 heterocycles. The summed E-state index contributed by atoms with van der Waals surface area (Å²) in [6.07, 6.45) is 3.24. The Hall–Kier alpha value is -1.03. The van der Waals surface area contributed by atoms with E-state index in [0.717, 1.165) is 17.9 Å². The maximum atomic E-state index is 11.2. The fraction of sp³-hybridized carbons (Fsp3) is 0.455. The number of nitrogens with zero attached hydrogens (tertiary/aromatic N) is 1. The Kier molecular flexibility index (Phi) is 3.26. The summed E-state index contributed by atoms with van der Waals surface area (Å²) >= 11 is 1.81. The molecule has 15 heavy (non-hydrogen) atoms. The van der Waals surface area contributed by atoms with Gasteiger partial charge in [0.05, 0.1) is 19.2 Å². The van der Waals surface area contributed by atoms with Crippen LogP contribution in [0.2, 0.25) is 0 Å². The van der Waals surface area contributed by atoms with Gasteiger partial charge in [-0.1, -0.05) is 0 Å². The van der Waals surface area contributed by atoms with Crippen LogP contribution in [0.4, 0.5) is 0 Å². The fourth-order valence-corrected chi connectivity index (χ4v) is 2.93. The molecule has 0 bridgehead atoms. The molecule has 0 aromatic carbocycles. The average molecular weight is 223 g/mol. The Morgan fingerprint density at radius 3 is 3.40 bits per heavy atom. The smallest absolute Gasteiger partial charge is 0.306 e. The number of carbonyl (C=O) groups excluding carboxylic acids is 1. The molecule has 0 aliphatic carbocycles. The molecule has 4 heteroatoms. The molecular weight excluding hydrogens is 210 g/mol. The number of aromatic nitrogens is 1. The number of pyridine rings is 1. The lowest BCUT2D eigenvalue weighted by atomic mass is 9.97. The zero-order valence-corrected chi connectivity index (χ0v) is 9.42. The van der Waals surface area contributed by atoms with Crippen LogP contribution in [0.3, 0.4) is 0 Å². The molecule has 2 rings (SSSR count). The first kappa shape index (κ1) is 10.5. The molecule has 80 valence electrons. The zero-order chi connectivity index (χ0) is 10.7. The van der Waals surface area contributed by atoms with E-state index in [1.807, 2.05) is 17.8 Å². The normalized spacial score (nSPS) is 19.4. The molecule has 0 N–H and O–H groups in total. The minimum absolute atomic E-state index is 0.150. The summed E-state index contributed by atoms with van der Waals surface area (Å²) in [5.74, 6) is 1.14. The Bertz CT molecular complexity index is 367. The number of ether oxygens (including phenoxy) is 1. The van der Waals surface area contributed by atoms with Crippen molar-refractivity contribution >= 4 is 17.7 Å². The minimum Gasteiger partial charge on any atom is -0.469 e.